The summed E-state index contributed by atoms with van der Waals surface area (Å²) in [6, 6.07) is 4.60. The average Bonchev–Trinajstić information content (AvgIpc) is 2.47. The van der Waals surface area contributed by atoms with Crippen LogP contribution in [-0.4, -0.2) is 28.9 Å². The summed E-state index contributed by atoms with van der Waals surface area (Å²) < 4.78 is 0. The molecule has 1 N–H and O–H groups in total. The van der Waals surface area contributed by atoms with Gasteiger partial charge in [0.2, 0.25) is 6.41 Å². The molecule has 2 heterocycles. The largest absolute Gasteiger partial charge is 0.367 e. The first-order valence-electron chi connectivity index (χ1n) is 7.18. The van der Waals surface area contributed by atoms with Gasteiger partial charge in [-0.25, -0.2) is 4.98 Å². The molecule has 1 fully saturated rings. The lowest BCUT2D eigenvalue weighted by molar-refractivity contribution is -0.121. The molecule has 0 unspecified atom stereocenters. The molecule has 104 valence electrons. The number of hydrogen-bond donors (Lipinski definition) is 1. The van der Waals surface area contributed by atoms with Gasteiger partial charge in [-0.3, -0.25) is 4.79 Å². The van der Waals surface area contributed by atoms with E-state index >= 15 is 0 Å². The van der Waals surface area contributed by atoms with Crippen LogP contribution < -0.4 is 5.32 Å². The number of carbonyl (C=O) groups is 1. The summed E-state index contributed by atoms with van der Waals surface area (Å²) in [4.78, 5) is 17.6. The number of likely N-dealkylation sites (tertiary alicyclic amines) is 1. The van der Waals surface area contributed by atoms with E-state index in [9.17, 15) is 4.79 Å². The Kier molecular flexibility index (Phi) is 4.77. The molecule has 0 spiro atoms. The van der Waals surface area contributed by atoms with Crippen LogP contribution in [0, 0.1) is 0 Å². The Bertz CT molecular complexity index is 422. The summed E-state index contributed by atoms with van der Waals surface area (Å²) in [5, 5.41) is 3.45. The van der Waals surface area contributed by atoms with E-state index in [4.69, 9.17) is 0 Å². The number of pyridine rings is 1. The number of anilines is 1. The lowest BCUT2D eigenvalue weighted by atomic mass is 9.96. The SMILES string of the molecule is CC[C@H](C)Nc1ncccc1[C@@H]1CCCCN1C=O. The van der Waals surface area contributed by atoms with Crippen molar-refractivity contribution in [2.45, 2.75) is 51.6 Å². The number of aromatic nitrogens is 1. The maximum absolute atomic E-state index is 11.2. The number of amides is 1. The standard InChI is InChI=1S/C15H23N3O/c1-3-12(2)17-15-13(7-6-9-16-15)14-8-4-5-10-18(14)11-19/h6-7,9,11-12,14H,3-5,8,10H2,1-2H3,(H,16,17)/t12-,14-/m0/s1. The predicted octanol–water partition coefficient (Wildman–Crippen LogP) is 2.98. The topological polar surface area (TPSA) is 45.2 Å². The number of hydrogen-bond acceptors (Lipinski definition) is 3. The number of nitrogens with zero attached hydrogens (tertiary/aromatic N) is 2. The van der Waals surface area contributed by atoms with E-state index in [1.165, 1.54) is 6.42 Å². The molecule has 1 saturated heterocycles. The zero-order valence-corrected chi connectivity index (χ0v) is 11.8. The molecule has 19 heavy (non-hydrogen) atoms. The second kappa shape index (κ2) is 6.55. The van der Waals surface area contributed by atoms with Crippen molar-refractivity contribution in [2.75, 3.05) is 11.9 Å². The highest BCUT2D eigenvalue weighted by Gasteiger charge is 2.25. The van der Waals surface area contributed by atoms with Crippen LogP contribution in [-0.2, 0) is 4.79 Å². The van der Waals surface area contributed by atoms with Crippen LogP contribution >= 0.6 is 0 Å². The molecule has 0 bridgehead atoms. The van der Waals surface area contributed by atoms with Crippen molar-refractivity contribution in [3.63, 3.8) is 0 Å². The van der Waals surface area contributed by atoms with Gasteiger partial charge >= 0.3 is 0 Å². The second-order valence-corrected chi connectivity index (χ2v) is 5.25. The van der Waals surface area contributed by atoms with Crippen LogP contribution in [0.25, 0.3) is 0 Å². The minimum atomic E-state index is 0.173. The molecule has 4 nitrogen and oxygen atoms in total. The Hall–Kier alpha value is -1.58. The van der Waals surface area contributed by atoms with Crippen molar-refractivity contribution in [1.29, 1.82) is 0 Å². The van der Waals surface area contributed by atoms with Gasteiger partial charge in [0.1, 0.15) is 5.82 Å². The van der Waals surface area contributed by atoms with Crippen molar-refractivity contribution in [3.05, 3.63) is 23.9 Å². The number of piperidine rings is 1. The van der Waals surface area contributed by atoms with Gasteiger partial charge < -0.3 is 10.2 Å². The lowest BCUT2D eigenvalue weighted by Crippen LogP contribution is -2.33. The minimum Gasteiger partial charge on any atom is -0.367 e. The van der Waals surface area contributed by atoms with Crippen molar-refractivity contribution < 1.29 is 4.79 Å². The first-order chi connectivity index (χ1) is 9.26. The summed E-state index contributed by atoms with van der Waals surface area (Å²) >= 11 is 0. The van der Waals surface area contributed by atoms with Crippen LogP contribution in [0.5, 0.6) is 0 Å². The zero-order chi connectivity index (χ0) is 13.7. The molecular formula is C15H23N3O. The van der Waals surface area contributed by atoms with Crippen LogP contribution in [0.2, 0.25) is 0 Å². The monoisotopic (exact) mass is 261 g/mol. The molecule has 1 aliphatic rings. The van der Waals surface area contributed by atoms with Crippen LogP contribution in [0.3, 0.4) is 0 Å². The van der Waals surface area contributed by atoms with E-state index in [0.29, 0.717) is 6.04 Å². The van der Waals surface area contributed by atoms with E-state index in [2.05, 4.69) is 30.2 Å². The fourth-order valence-corrected chi connectivity index (χ4v) is 2.56. The summed E-state index contributed by atoms with van der Waals surface area (Å²) in [6.07, 6.45) is 7.14. The molecule has 0 saturated carbocycles. The Morgan fingerprint density at radius 1 is 1.58 bits per heavy atom. The number of carbonyl (C=O) groups excluding carboxylic acids is 1. The molecule has 1 aliphatic heterocycles. The third-order valence-corrected chi connectivity index (χ3v) is 3.87. The predicted molar refractivity (Wildman–Crippen MR) is 77.0 cm³/mol. The number of rotatable bonds is 5. The van der Waals surface area contributed by atoms with Crippen molar-refractivity contribution in [1.82, 2.24) is 9.88 Å². The van der Waals surface area contributed by atoms with E-state index in [1.54, 1.807) is 0 Å². The molecule has 0 aromatic carbocycles. The minimum absolute atomic E-state index is 0.173. The van der Waals surface area contributed by atoms with Crippen LogP contribution in [0.1, 0.15) is 51.1 Å². The van der Waals surface area contributed by atoms with Gasteiger partial charge in [0.15, 0.2) is 0 Å². The van der Waals surface area contributed by atoms with Gasteiger partial charge in [-0.1, -0.05) is 13.0 Å². The quantitative estimate of drug-likeness (QED) is 0.829. The maximum Gasteiger partial charge on any atom is 0.210 e. The normalized spacial score (nSPS) is 20.9. The Balaban J connectivity index is 2.24. The lowest BCUT2D eigenvalue weighted by Gasteiger charge is -2.34. The van der Waals surface area contributed by atoms with E-state index in [1.807, 2.05) is 17.2 Å². The fourth-order valence-electron chi connectivity index (χ4n) is 2.56. The molecule has 1 aromatic rings. The molecule has 2 rings (SSSR count). The van der Waals surface area contributed by atoms with Crippen molar-refractivity contribution >= 4 is 12.2 Å². The van der Waals surface area contributed by atoms with Gasteiger partial charge in [-0.05, 0) is 38.7 Å². The van der Waals surface area contributed by atoms with Gasteiger partial charge in [0, 0.05) is 24.3 Å². The molecule has 4 heteroatoms. The summed E-state index contributed by atoms with van der Waals surface area (Å²) in [5.74, 6) is 0.926. The van der Waals surface area contributed by atoms with E-state index in [-0.39, 0.29) is 6.04 Å². The maximum atomic E-state index is 11.2. The number of nitrogens with one attached hydrogen (secondary N) is 1. The van der Waals surface area contributed by atoms with Gasteiger partial charge in [0.05, 0.1) is 6.04 Å². The molecule has 1 amide bonds. The van der Waals surface area contributed by atoms with Gasteiger partial charge in [-0.15, -0.1) is 0 Å². The summed E-state index contributed by atoms with van der Waals surface area (Å²) in [5.41, 5.74) is 1.15. The molecule has 2 atom stereocenters. The van der Waals surface area contributed by atoms with Gasteiger partial charge in [-0.2, -0.15) is 0 Å². The molecule has 0 aliphatic carbocycles. The first-order valence-corrected chi connectivity index (χ1v) is 7.18. The van der Waals surface area contributed by atoms with E-state index < -0.39 is 0 Å². The molecular weight excluding hydrogens is 238 g/mol. The smallest absolute Gasteiger partial charge is 0.210 e. The molecule has 1 aromatic heterocycles. The third kappa shape index (κ3) is 3.25. The highest BCUT2D eigenvalue weighted by atomic mass is 16.1. The first kappa shape index (κ1) is 13.8. The molecule has 0 radical (unpaired) electrons. The third-order valence-electron chi connectivity index (χ3n) is 3.87. The average molecular weight is 261 g/mol. The van der Waals surface area contributed by atoms with Crippen LogP contribution in [0.15, 0.2) is 18.3 Å². The highest BCUT2D eigenvalue weighted by Crippen LogP contribution is 2.33. The fraction of sp³-hybridized carbons (Fsp3) is 0.600. The van der Waals surface area contributed by atoms with Crippen molar-refractivity contribution in [2.24, 2.45) is 0 Å². The van der Waals surface area contributed by atoms with Crippen molar-refractivity contribution in [3.8, 4) is 0 Å². The second-order valence-electron chi connectivity index (χ2n) is 5.25. The highest BCUT2D eigenvalue weighted by molar-refractivity contribution is 5.53. The van der Waals surface area contributed by atoms with Gasteiger partial charge in [0.25, 0.3) is 0 Å². The Morgan fingerprint density at radius 3 is 3.16 bits per heavy atom. The summed E-state index contributed by atoms with van der Waals surface area (Å²) in [7, 11) is 0. The van der Waals surface area contributed by atoms with E-state index in [0.717, 1.165) is 43.6 Å². The Morgan fingerprint density at radius 2 is 2.42 bits per heavy atom. The Labute approximate surface area is 115 Å². The van der Waals surface area contributed by atoms with Crippen LogP contribution in [0.4, 0.5) is 5.82 Å². The summed E-state index contributed by atoms with van der Waals surface area (Å²) in [6.45, 7) is 5.15. The zero-order valence-electron chi connectivity index (χ0n) is 11.8.